The molecule has 4 N–H and O–H groups in total. The summed E-state index contributed by atoms with van der Waals surface area (Å²) in [6.07, 6.45) is 0.376. The van der Waals surface area contributed by atoms with Crippen LogP contribution in [0.2, 0.25) is 0 Å². The highest BCUT2D eigenvalue weighted by atomic mass is 16.3. The van der Waals surface area contributed by atoms with Crippen molar-refractivity contribution in [3.8, 4) is 0 Å². The van der Waals surface area contributed by atoms with E-state index in [1.807, 2.05) is 27.7 Å². The van der Waals surface area contributed by atoms with Crippen LogP contribution in [0.3, 0.4) is 0 Å². The minimum Gasteiger partial charge on any atom is -0.392 e. The maximum absolute atomic E-state index is 10.2. The molecule has 0 rings (SSSR count). The summed E-state index contributed by atoms with van der Waals surface area (Å²) in [5.41, 5.74) is 4.26. The van der Waals surface area contributed by atoms with Crippen LogP contribution in [-0.4, -0.2) is 28.5 Å². The van der Waals surface area contributed by atoms with Crippen molar-refractivity contribution in [2.45, 2.75) is 52.2 Å². The molecule has 0 bridgehead atoms. The SMILES string of the molecule is CC[C@@](O)(C[C@@H](O)CN)C(C)(C)C. The van der Waals surface area contributed by atoms with Crippen LogP contribution in [0.1, 0.15) is 40.5 Å². The topological polar surface area (TPSA) is 66.5 Å². The zero-order valence-corrected chi connectivity index (χ0v) is 9.17. The molecule has 0 spiro atoms. The lowest BCUT2D eigenvalue weighted by atomic mass is 9.72. The van der Waals surface area contributed by atoms with Gasteiger partial charge in [-0.15, -0.1) is 0 Å². The quantitative estimate of drug-likeness (QED) is 0.615. The summed E-state index contributed by atoms with van der Waals surface area (Å²) >= 11 is 0. The van der Waals surface area contributed by atoms with Crippen molar-refractivity contribution in [2.75, 3.05) is 6.54 Å². The predicted molar refractivity (Wildman–Crippen MR) is 54.4 cm³/mol. The van der Waals surface area contributed by atoms with Crippen molar-refractivity contribution in [1.82, 2.24) is 0 Å². The minimum absolute atomic E-state index is 0.207. The zero-order valence-electron chi connectivity index (χ0n) is 9.17. The van der Waals surface area contributed by atoms with Gasteiger partial charge in [-0.05, 0) is 11.8 Å². The highest BCUT2D eigenvalue weighted by Crippen LogP contribution is 2.36. The fourth-order valence-electron chi connectivity index (χ4n) is 1.45. The fourth-order valence-corrected chi connectivity index (χ4v) is 1.45. The van der Waals surface area contributed by atoms with E-state index in [4.69, 9.17) is 5.73 Å². The number of hydrogen-bond acceptors (Lipinski definition) is 3. The van der Waals surface area contributed by atoms with E-state index in [1.54, 1.807) is 0 Å². The average molecular weight is 189 g/mol. The molecule has 0 amide bonds. The zero-order chi connectivity index (χ0) is 10.7. The Morgan fingerprint density at radius 2 is 1.77 bits per heavy atom. The van der Waals surface area contributed by atoms with E-state index >= 15 is 0 Å². The maximum Gasteiger partial charge on any atom is 0.0718 e. The monoisotopic (exact) mass is 189 g/mol. The van der Waals surface area contributed by atoms with Crippen molar-refractivity contribution >= 4 is 0 Å². The largest absolute Gasteiger partial charge is 0.392 e. The standard InChI is InChI=1S/C10H23NO2/c1-5-10(13,9(2,3)4)6-8(12)7-11/h8,12-13H,5-7,11H2,1-4H3/t8-,10-/m1/s1. The first-order chi connectivity index (χ1) is 5.77. The van der Waals surface area contributed by atoms with Crippen molar-refractivity contribution < 1.29 is 10.2 Å². The molecule has 0 aliphatic heterocycles. The van der Waals surface area contributed by atoms with Gasteiger partial charge in [-0.3, -0.25) is 0 Å². The normalized spacial score (nSPS) is 19.6. The molecule has 0 radical (unpaired) electrons. The minimum atomic E-state index is -0.828. The van der Waals surface area contributed by atoms with Crippen molar-refractivity contribution in [3.63, 3.8) is 0 Å². The van der Waals surface area contributed by atoms with Gasteiger partial charge in [0.15, 0.2) is 0 Å². The molecule has 0 aromatic heterocycles. The molecule has 0 heterocycles. The van der Waals surface area contributed by atoms with Gasteiger partial charge in [-0.25, -0.2) is 0 Å². The molecule has 13 heavy (non-hydrogen) atoms. The van der Waals surface area contributed by atoms with Gasteiger partial charge in [0, 0.05) is 13.0 Å². The Morgan fingerprint density at radius 1 is 1.31 bits per heavy atom. The Balaban J connectivity index is 4.46. The van der Waals surface area contributed by atoms with Gasteiger partial charge in [-0.1, -0.05) is 27.7 Å². The molecular formula is C10H23NO2. The molecule has 0 aromatic rings. The van der Waals surface area contributed by atoms with Gasteiger partial charge < -0.3 is 15.9 Å². The second-order valence-electron chi connectivity index (χ2n) is 4.73. The van der Waals surface area contributed by atoms with E-state index in [2.05, 4.69) is 0 Å². The summed E-state index contributed by atoms with van der Waals surface area (Å²) in [4.78, 5) is 0. The van der Waals surface area contributed by atoms with E-state index in [9.17, 15) is 10.2 Å². The number of nitrogens with two attached hydrogens (primary N) is 1. The highest BCUT2D eigenvalue weighted by molar-refractivity contribution is 4.91. The summed E-state index contributed by atoms with van der Waals surface area (Å²) < 4.78 is 0. The van der Waals surface area contributed by atoms with Crippen LogP contribution in [0, 0.1) is 5.41 Å². The molecule has 0 saturated carbocycles. The van der Waals surface area contributed by atoms with Crippen LogP contribution in [0.15, 0.2) is 0 Å². The number of rotatable bonds is 4. The van der Waals surface area contributed by atoms with Crippen LogP contribution in [0.5, 0.6) is 0 Å². The fraction of sp³-hybridized carbons (Fsp3) is 1.00. The number of aliphatic hydroxyl groups is 2. The molecule has 3 nitrogen and oxygen atoms in total. The molecule has 0 aliphatic rings. The van der Waals surface area contributed by atoms with Gasteiger partial charge in [-0.2, -0.15) is 0 Å². The van der Waals surface area contributed by atoms with Crippen molar-refractivity contribution in [3.05, 3.63) is 0 Å². The Bertz CT molecular complexity index is 153. The molecule has 0 unspecified atom stereocenters. The van der Waals surface area contributed by atoms with E-state index in [-0.39, 0.29) is 12.0 Å². The second kappa shape index (κ2) is 4.40. The predicted octanol–water partition coefficient (Wildman–Crippen LogP) is 0.883. The van der Waals surface area contributed by atoms with Gasteiger partial charge >= 0.3 is 0 Å². The van der Waals surface area contributed by atoms with Gasteiger partial charge in [0.25, 0.3) is 0 Å². The third kappa shape index (κ3) is 3.25. The molecule has 0 saturated heterocycles. The van der Waals surface area contributed by atoms with Gasteiger partial charge in [0.1, 0.15) is 0 Å². The Kier molecular flexibility index (Phi) is 4.36. The van der Waals surface area contributed by atoms with E-state index < -0.39 is 11.7 Å². The second-order valence-corrected chi connectivity index (χ2v) is 4.73. The van der Waals surface area contributed by atoms with Gasteiger partial charge in [0.2, 0.25) is 0 Å². The van der Waals surface area contributed by atoms with Crippen LogP contribution in [0.25, 0.3) is 0 Å². The lowest BCUT2D eigenvalue weighted by Gasteiger charge is -2.41. The van der Waals surface area contributed by atoms with E-state index in [1.165, 1.54) is 0 Å². The summed E-state index contributed by atoms with van der Waals surface area (Å²) in [7, 11) is 0. The average Bonchev–Trinajstić information content (AvgIpc) is 2.02. The van der Waals surface area contributed by atoms with E-state index in [0.29, 0.717) is 12.8 Å². The molecule has 0 aromatic carbocycles. The van der Waals surface area contributed by atoms with Crippen LogP contribution >= 0.6 is 0 Å². The summed E-state index contributed by atoms with van der Waals surface area (Å²) in [6.45, 7) is 8.05. The smallest absolute Gasteiger partial charge is 0.0718 e. The third-order valence-electron chi connectivity index (χ3n) is 2.83. The first kappa shape index (κ1) is 12.9. The Hall–Kier alpha value is -0.120. The van der Waals surface area contributed by atoms with Crippen molar-refractivity contribution in [2.24, 2.45) is 11.1 Å². The molecular weight excluding hydrogens is 166 g/mol. The van der Waals surface area contributed by atoms with Crippen LogP contribution in [-0.2, 0) is 0 Å². The first-order valence-electron chi connectivity index (χ1n) is 4.87. The maximum atomic E-state index is 10.2. The summed E-state index contributed by atoms with van der Waals surface area (Å²) in [5.74, 6) is 0. The highest BCUT2D eigenvalue weighted by Gasteiger charge is 2.39. The third-order valence-corrected chi connectivity index (χ3v) is 2.83. The lowest BCUT2D eigenvalue weighted by Crippen LogP contribution is -2.46. The van der Waals surface area contributed by atoms with E-state index in [0.717, 1.165) is 0 Å². The molecule has 0 fully saturated rings. The first-order valence-corrected chi connectivity index (χ1v) is 4.87. The number of hydrogen-bond donors (Lipinski definition) is 3. The van der Waals surface area contributed by atoms with Crippen LogP contribution in [0.4, 0.5) is 0 Å². The Morgan fingerprint density at radius 3 is 2.00 bits per heavy atom. The summed E-state index contributed by atoms with van der Waals surface area (Å²) in [5, 5.41) is 19.6. The molecule has 3 heteroatoms. The molecule has 0 aliphatic carbocycles. The van der Waals surface area contributed by atoms with Crippen molar-refractivity contribution in [1.29, 1.82) is 0 Å². The lowest BCUT2D eigenvalue weighted by molar-refractivity contribution is -0.0899. The molecule has 80 valence electrons. The summed E-state index contributed by atoms with van der Waals surface area (Å²) in [6, 6.07) is 0. The molecule has 2 atom stereocenters. The number of aliphatic hydroxyl groups excluding tert-OH is 1. The van der Waals surface area contributed by atoms with Crippen LogP contribution < -0.4 is 5.73 Å². The Labute approximate surface area is 81.0 Å². The van der Waals surface area contributed by atoms with Gasteiger partial charge in [0.05, 0.1) is 11.7 Å².